The molecule has 0 fully saturated rings. The molecule has 0 saturated carbocycles. The molecule has 0 saturated heterocycles. The van der Waals surface area contributed by atoms with Gasteiger partial charge in [0.25, 0.3) is 0 Å². The fraction of sp³-hybridized carbons (Fsp3) is 0.818. The third-order valence-electron chi connectivity index (χ3n) is 2.42. The standard InChI is InChI=1S/C11H22N2O3/c1-4-12-6-5-10(14)13-7-9(8(2)3)11(15)16/h8-9,12H,4-7H2,1-3H3,(H,13,14)(H,15,16). The van der Waals surface area contributed by atoms with E-state index in [1.807, 2.05) is 20.8 Å². The van der Waals surface area contributed by atoms with E-state index in [4.69, 9.17) is 5.11 Å². The van der Waals surface area contributed by atoms with Crippen molar-refractivity contribution in [3.05, 3.63) is 0 Å². The van der Waals surface area contributed by atoms with Crippen LogP contribution in [0.5, 0.6) is 0 Å². The molecular weight excluding hydrogens is 208 g/mol. The molecule has 5 nitrogen and oxygen atoms in total. The summed E-state index contributed by atoms with van der Waals surface area (Å²) in [5.41, 5.74) is 0. The van der Waals surface area contributed by atoms with E-state index in [2.05, 4.69) is 10.6 Å². The van der Waals surface area contributed by atoms with Gasteiger partial charge in [0.05, 0.1) is 5.92 Å². The van der Waals surface area contributed by atoms with Crippen LogP contribution >= 0.6 is 0 Å². The zero-order valence-corrected chi connectivity index (χ0v) is 10.2. The first-order valence-corrected chi connectivity index (χ1v) is 5.69. The SMILES string of the molecule is CCNCCC(=O)NCC(C(=O)O)C(C)C. The normalized spacial score (nSPS) is 12.5. The van der Waals surface area contributed by atoms with Crippen molar-refractivity contribution in [3.63, 3.8) is 0 Å². The zero-order chi connectivity index (χ0) is 12.6. The van der Waals surface area contributed by atoms with Crippen molar-refractivity contribution in [2.45, 2.75) is 27.2 Å². The molecule has 0 heterocycles. The highest BCUT2D eigenvalue weighted by Gasteiger charge is 2.21. The fourth-order valence-electron chi connectivity index (χ4n) is 1.30. The van der Waals surface area contributed by atoms with E-state index in [1.165, 1.54) is 0 Å². The molecule has 94 valence electrons. The lowest BCUT2D eigenvalue weighted by atomic mass is 9.96. The number of hydrogen-bond donors (Lipinski definition) is 3. The first-order chi connectivity index (χ1) is 7.49. The number of aliphatic carboxylic acids is 1. The van der Waals surface area contributed by atoms with E-state index in [1.54, 1.807) is 0 Å². The van der Waals surface area contributed by atoms with Crippen LogP contribution in [-0.4, -0.2) is 36.6 Å². The molecule has 0 radical (unpaired) electrons. The molecular formula is C11H22N2O3. The second-order valence-electron chi connectivity index (χ2n) is 4.10. The summed E-state index contributed by atoms with van der Waals surface area (Å²) in [6, 6.07) is 0. The van der Waals surface area contributed by atoms with Crippen molar-refractivity contribution in [2.24, 2.45) is 11.8 Å². The molecule has 1 unspecified atom stereocenters. The summed E-state index contributed by atoms with van der Waals surface area (Å²) in [5, 5.41) is 14.6. The van der Waals surface area contributed by atoms with Gasteiger partial charge in [-0.25, -0.2) is 0 Å². The van der Waals surface area contributed by atoms with Gasteiger partial charge < -0.3 is 15.7 Å². The largest absolute Gasteiger partial charge is 0.481 e. The van der Waals surface area contributed by atoms with Crippen molar-refractivity contribution in [2.75, 3.05) is 19.6 Å². The van der Waals surface area contributed by atoms with Crippen LogP contribution in [-0.2, 0) is 9.59 Å². The van der Waals surface area contributed by atoms with Crippen molar-refractivity contribution in [3.8, 4) is 0 Å². The minimum absolute atomic E-state index is 0.0200. The molecule has 0 spiro atoms. The predicted octanol–water partition coefficient (Wildman–Crippen LogP) is 0.459. The Hall–Kier alpha value is -1.10. The maximum Gasteiger partial charge on any atom is 0.308 e. The lowest BCUT2D eigenvalue weighted by molar-refractivity contribution is -0.143. The second-order valence-corrected chi connectivity index (χ2v) is 4.10. The number of nitrogens with one attached hydrogen (secondary N) is 2. The monoisotopic (exact) mass is 230 g/mol. The first-order valence-electron chi connectivity index (χ1n) is 5.69. The summed E-state index contributed by atoms with van der Waals surface area (Å²) in [6.45, 7) is 7.31. The van der Waals surface area contributed by atoms with E-state index in [-0.39, 0.29) is 18.4 Å². The van der Waals surface area contributed by atoms with Gasteiger partial charge in [-0.05, 0) is 12.5 Å². The summed E-state index contributed by atoms with van der Waals surface area (Å²) in [5.74, 6) is -1.45. The van der Waals surface area contributed by atoms with Crippen LogP contribution in [0.1, 0.15) is 27.2 Å². The van der Waals surface area contributed by atoms with Gasteiger partial charge >= 0.3 is 5.97 Å². The highest BCUT2D eigenvalue weighted by molar-refractivity contribution is 5.77. The second kappa shape index (κ2) is 8.10. The van der Waals surface area contributed by atoms with E-state index >= 15 is 0 Å². The summed E-state index contributed by atoms with van der Waals surface area (Å²) in [4.78, 5) is 22.2. The first kappa shape index (κ1) is 14.9. The third-order valence-corrected chi connectivity index (χ3v) is 2.42. The molecule has 1 atom stereocenters. The topological polar surface area (TPSA) is 78.4 Å². The van der Waals surface area contributed by atoms with E-state index in [0.29, 0.717) is 13.0 Å². The van der Waals surface area contributed by atoms with Gasteiger partial charge in [-0.2, -0.15) is 0 Å². The molecule has 0 bridgehead atoms. The average Bonchev–Trinajstić information content (AvgIpc) is 2.17. The zero-order valence-electron chi connectivity index (χ0n) is 10.2. The molecule has 0 aliphatic rings. The Kier molecular flexibility index (Phi) is 7.54. The van der Waals surface area contributed by atoms with Crippen LogP contribution in [0, 0.1) is 11.8 Å². The summed E-state index contributed by atoms with van der Waals surface area (Å²) < 4.78 is 0. The smallest absolute Gasteiger partial charge is 0.308 e. The Balaban J connectivity index is 3.83. The number of amides is 1. The van der Waals surface area contributed by atoms with E-state index in [9.17, 15) is 9.59 Å². The van der Waals surface area contributed by atoms with Crippen LogP contribution in [0.15, 0.2) is 0 Å². The quantitative estimate of drug-likeness (QED) is 0.529. The number of carbonyl (C=O) groups is 2. The maximum atomic E-state index is 11.3. The van der Waals surface area contributed by atoms with Crippen LogP contribution in [0.25, 0.3) is 0 Å². The molecule has 0 aromatic carbocycles. The molecule has 16 heavy (non-hydrogen) atoms. The van der Waals surface area contributed by atoms with Crippen molar-refractivity contribution >= 4 is 11.9 Å². The van der Waals surface area contributed by atoms with Gasteiger partial charge in [-0.3, -0.25) is 9.59 Å². The third kappa shape index (κ3) is 6.40. The lowest BCUT2D eigenvalue weighted by Crippen LogP contribution is -2.36. The van der Waals surface area contributed by atoms with Gasteiger partial charge in [0.1, 0.15) is 0 Å². The fourth-order valence-corrected chi connectivity index (χ4v) is 1.30. The summed E-state index contributed by atoms with van der Waals surface area (Å²) >= 11 is 0. The van der Waals surface area contributed by atoms with Gasteiger partial charge in [-0.15, -0.1) is 0 Å². The van der Waals surface area contributed by atoms with Crippen LogP contribution in [0.2, 0.25) is 0 Å². The van der Waals surface area contributed by atoms with E-state index in [0.717, 1.165) is 6.54 Å². The van der Waals surface area contributed by atoms with Crippen molar-refractivity contribution in [1.29, 1.82) is 0 Å². The molecule has 0 aromatic heterocycles. The Morgan fingerprint density at radius 3 is 2.38 bits per heavy atom. The Morgan fingerprint density at radius 1 is 1.31 bits per heavy atom. The minimum atomic E-state index is -0.859. The number of carboxylic acid groups (broad SMARTS) is 1. The molecule has 0 aromatic rings. The molecule has 1 amide bonds. The highest BCUT2D eigenvalue weighted by atomic mass is 16.4. The Morgan fingerprint density at radius 2 is 1.94 bits per heavy atom. The maximum absolute atomic E-state index is 11.3. The van der Waals surface area contributed by atoms with E-state index < -0.39 is 11.9 Å². The number of carbonyl (C=O) groups excluding carboxylic acids is 1. The molecule has 3 N–H and O–H groups in total. The highest BCUT2D eigenvalue weighted by Crippen LogP contribution is 2.09. The number of hydrogen-bond acceptors (Lipinski definition) is 3. The summed E-state index contributed by atoms with van der Waals surface area (Å²) in [6.07, 6.45) is 0.387. The molecule has 0 aliphatic carbocycles. The van der Waals surface area contributed by atoms with Gasteiger partial charge in [0.15, 0.2) is 0 Å². The average molecular weight is 230 g/mol. The van der Waals surface area contributed by atoms with Gasteiger partial charge in [0, 0.05) is 19.5 Å². The molecule has 0 aliphatic heterocycles. The van der Waals surface area contributed by atoms with Crippen molar-refractivity contribution < 1.29 is 14.7 Å². The number of carboxylic acids is 1. The van der Waals surface area contributed by atoms with Gasteiger partial charge in [0.2, 0.25) is 5.91 Å². The van der Waals surface area contributed by atoms with Crippen LogP contribution in [0.3, 0.4) is 0 Å². The minimum Gasteiger partial charge on any atom is -0.481 e. The predicted molar refractivity (Wildman–Crippen MR) is 62.1 cm³/mol. The molecule has 5 heteroatoms. The summed E-state index contributed by atoms with van der Waals surface area (Å²) in [7, 11) is 0. The van der Waals surface area contributed by atoms with Crippen LogP contribution < -0.4 is 10.6 Å². The Bertz CT molecular complexity index is 229. The van der Waals surface area contributed by atoms with Crippen LogP contribution in [0.4, 0.5) is 0 Å². The Labute approximate surface area is 96.6 Å². The lowest BCUT2D eigenvalue weighted by Gasteiger charge is -2.16. The number of rotatable bonds is 8. The molecule has 0 rings (SSSR count). The van der Waals surface area contributed by atoms with Gasteiger partial charge in [-0.1, -0.05) is 20.8 Å². The van der Waals surface area contributed by atoms with Crippen molar-refractivity contribution in [1.82, 2.24) is 10.6 Å².